The molecule has 2 fully saturated rings. The molecular formula is C22H28ClN5O3. The Balaban J connectivity index is 1.34. The van der Waals surface area contributed by atoms with E-state index in [0.717, 1.165) is 41.2 Å². The zero-order valence-electron chi connectivity index (χ0n) is 18.0. The molecule has 0 radical (unpaired) electrons. The van der Waals surface area contributed by atoms with Crippen LogP contribution in [-0.4, -0.2) is 59.2 Å². The fraction of sp³-hybridized carbons (Fsp3) is 0.500. The van der Waals surface area contributed by atoms with Gasteiger partial charge in [0.2, 0.25) is 5.91 Å². The minimum Gasteiger partial charge on any atom is -0.368 e. The maximum atomic E-state index is 13.1. The number of benzene rings is 1. The smallest absolute Gasteiger partial charge is 0.332 e. The topological polar surface area (TPSA) is 70.8 Å². The van der Waals surface area contributed by atoms with Gasteiger partial charge in [-0.2, -0.15) is 0 Å². The van der Waals surface area contributed by atoms with Crippen LogP contribution in [0.3, 0.4) is 0 Å². The molecule has 0 aliphatic carbocycles. The summed E-state index contributed by atoms with van der Waals surface area (Å²) in [4.78, 5) is 43.6. The maximum absolute atomic E-state index is 13.1. The minimum atomic E-state index is -0.334. The largest absolute Gasteiger partial charge is 0.368 e. The molecule has 0 unspecified atom stereocenters. The van der Waals surface area contributed by atoms with Crippen molar-refractivity contribution in [1.29, 1.82) is 0 Å². The second-order valence-corrected chi connectivity index (χ2v) is 8.73. The van der Waals surface area contributed by atoms with Crippen molar-refractivity contribution in [2.75, 3.05) is 49.1 Å². The summed E-state index contributed by atoms with van der Waals surface area (Å²) in [5, 5.41) is 0.722. The number of amides is 1. The van der Waals surface area contributed by atoms with Crippen molar-refractivity contribution in [3.05, 3.63) is 56.2 Å². The number of anilines is 2. The quantitative estimate of drug-likeness (QED) is 0.712. The van der Waals surface area contributed by atoms with Crippen LogP contribution in [0.1, 0.15) is 12.8 Å². The van der Waals surface area contributed by atoms with Crippen LogP contribution in [0.5, 0.6) is 0 Å². The van der Waals surface area contributed by atoms with E-state index in [0.29, 0.717) is 32.0 Å². The lowest BCUT2D eigenvalue weighted by atomic mass is 9.95. The summed E-state index contributed by atoms with van der Waals surface area (Å²) in [6.45, 7) is 4.35. The Kier molecular flexibility index (Phi) is 6.09. The molecule has 2 aromatic rings. The molecule has 0 bridgehead atoms. The Hall–Kier alpha value is -2.74. The average molecular weight is 446 g/mol. The van der Waals surface area contributed by atoms with Crippen molar-refractivity contribution in [3.63, 3.8) is 0 Å². The minimum absolute atomic E-state index is 0.0121. The van der Waals surface area contributed by atoms with E-state index >= 15 is 0 Å². The fourth-order valence-corrected chi connectivity index (χ4v) is 4.60. The van der Waals surface area contributed by atoms with E-state index in [-0.39, 0.29) is 23.1 Å². The molecule has 1 amide bonds. The summed E-state index contributed by atoms with van der Waals surface area (Å²) in [5.74, 6) is 0.825. The van der Waals surface area contributed by atoms with Crippen molar-refractivity contribution < 1.29 is 4.79 Å². The molecule has 2 aliphatic rings. The van der Waals surface area contributed by atoms with Gasteiger partial charge in [0.25, 0.3) is 5.56 Å². The molecule has 1 aromatic carbocycles. The summed E-state index contributed by atoms with van der Waals surface area (Å²) >= 11 is 5.97. The standard InChI is InChI=1S/C22H28ClN5O3/c1-24-19(15-20(29)25(2)22(24)31)27-9-7-16(8-10-27)21(30)28-13-11-26(12-14-28)18-5-3-17(23)4-6-18/h3-6,15-16H,7-14H2,1-2H3. The number of piperidine rings is 1. The average Bonchev–Trinajstić information content (AvgIpc) is 2.80. The number of halogens is 1. The molecule has 3 heterocycles. The van der Waals surface area contributed by atoms with Gasteiger partial charge >= 0.3 is 5.69 Å². The molecule has 8 nitrogen and oxygen atoms in total. The highest BCUT2D eigenvalue weighted by molar-refractivity contribution is 6.30. The molecule has 166 valence electrons. The summed E-state index contributed by atoms with van der Waals surface area (Å²) < 4.78 is 2.60. The molecule has 2 aliphatic heterocycles. The summed E-state index contributed by atoms with van der Waals surface area (Å²) in [5.41, 5.74) is 0.485. The van der Waals surface area contributed by atoms with Crippen LogP contribution in [-0.2, 0) is 18.9 Å². The third kappa shape index (κ3) is 4.35. The molecule has 4 rings (SSSR count). The van der Waals surface area contributed by atoms with Gasteiger partial charge in [0, 0.05) is 76.1 Å². The lowest BCUT2D eigenvalue weighted by molar-refractivity contribution is -0.136. The van der Waals surface area contributed by atoms with Crippen LogP contribution in [0.4, 0.5) is 11.5 Å². The van der Waals surface area contributed by atoms with E-state index in [1.165, 1.54) is 17.7 Å². The van der Waals surface area contributed by atoms with Crippen LogP contribution < -0.4 is 21.0 Å². The highest BCUT2D eigenvalue weighted by Gasteiger charge is 2.31. The maximum Gasteiger partial charge on any atom is 0.332 e. The first-order chi connectivity index (χ1) is 14.8. The van der Waals surface area contributed by atoms with Crippen LogP contribution in [0.25, 0.3) is 0 Å². The van der Waals surface area contributed by atoms with E-state index in [9.17, 15) is 14.4 Å². The number of rotatable bonds is 3. The third-order valence-electron chi connectivity index (χ3n) is 6.45. The van der Waals surface area contributed by atoms with Gasteiger partial charge in [-0.15, -0.1) is 0 Å². The summed E-state index contributed by atoms with van der Waals surface area (Å²) in [7, 11) is 3.15. The van der Waals surface area contributed by atoms with Crippen molar-refractivity contribution in [3.8, 4) is 0 Å². The fourth-order valence-electron chi connectivity index (χ4n) is 4.48. The van der Waals surface area contributed by atoms with Gasteiger partial charge in [-0.1, -0.05) is 11.6 Å². The molecule has 9 heteroatoms. The first kappa shape index (κ1) is 21.5. The third-order valence-corrected chi connectivity index (χ3v) is 6.70. The van der Waals surface area contributed by atoms with E-state index < -0.39 is 0 Å². The number of piperazine rings is 1. The Morgan fingerprint density at radius 1 is 0.871 bits per heavy atom. The van der Waals surface area contributed by atoms with Gasteiger partial charge < -0.3 is 14.7 Å². The summed E-state index contributed by atoms with van der Waals surface area (Å²) in [6.07, 6.45) is 1.44. The number of carbonyl (C=O) groups is 1. The second-order valence-electron chi connectivity index (χ2n) is 8.29. The Labute approximate surface area is 186 Å². The number of nitrogens with zero attached hydrogens (tertiary/aromatic N) is 5. The van der Waals surface area contributed by atoms with Crippen LogP contribution >= 0.6 is 11.6 Å². The molecule has 1 aromatic heterocycles. The number of aromatic nitrogens is 2. The van der Waals surface area contributed by atoms with E-state index in [1.807, 2.05) is 34.1 Å². The number of hydrogen-bond acceptors (Lipinski definition) is 5. The Bertz CT molecular complexity index is 1060. The normalized spacial score (nSPS) is 17.8. The molecular weight excluding hydrogens is 418 g/mol. The first-order valence-corrected chi connectivity index (χ1v) is 11.0. The highest BCUT2D eigenvalue weighted by atomic mass is 35.5. The highest BCUT2D eigenvalue weighted by Crippen LogP contribution is 2.25. The number of hydrogen-bond donors (Lipinski definition) is 0. The molecule has 2 saturated heterocycles. The molecule has 0 atom stereocenters. The second kappa shape index (κ2) is 8.78. The van der Waals surface area contributed by atoms with Gasteiger partial charge in [0.1, 0.15) is 5.82 Å². The molecule has 0 spiro atoms. The van der Waals surface area contributed by atoms with E-state index in [2.05, 4.69) is 4.90 Å². The number of carbonyl (C=O) groups excluding carboxylic acids is 1. The molecule has 0 saturated carbocycles. The zero-order chi connectivity index (χ0) is 22.1. The van der Waals surface area contributed by atoms with Gasteiger partial charge in [0.15, 0.2) is 0 Å². The van der Waals surface area contributed by atoms with E-state index in [4.69, 9.17) is 11.6 Å². The predicted octanol–water partition coefficient (Wildman–Crippen LogP) is 1.30. The zero-order valence-corrected chi connectivity index (χ0v) is 18.7. The van der Waals surface area contributed by atoms with Crippen molar-refractivity contribution in [2.45, 2.75) is 12.8 Å². The van der Waals surface area contributed by atoms with Crippen LogP contribution in [0.15, 0.2) is 39.9 Å². The predicted molar refractivity (Wildman–Crippen MR) is 122 cm³/mol. The van der Waals surface area contributed by atoms with Gasteiger partial charge in [-0.3, -0.25) is 18.7 Å². The van der Waals surface area contributed by atoms with Crippen molar-refractivity contribution in [2.24, 2.45) is 20.0 Å². The van der Waals surface area contributed by atoms with Gasteiger partial charge in [-0.05, 0) is 37.1 Å². The van der Waals surface area contributed by atoms with Gasteiger partial charge in [0.05, 0.1) is 0 Å². The van der Waals surface area contributed by atoms with Crippen LogP contribution in [0, 0.1) is 5.92 Å². The SMILES string of the molecule is Cn1c(N2CCC(C(=O)N3CCN(c4ccc(Cl)cc4)CC3)CC2)cc(=O)n(C)c1=O. The summed E-state index contributed by atoms with van der Waals surface area (Å²) in [6, 6.07) is 9.31. The lowest BCUT2D eigenvalue weighted by Gasteiger charge is -2.39. The van der Waals surface area contributed by atoms with Crippen molar-refractivity contribution >= 4 is 29.0 Å². The monoisotopic (exact) mass is 445 g/mol. The Morgan fingerprint density at radius 3 is 2.10 bits per heavy atom. The van der Waals surface area contributed by atoms with E-state index in [1.54, 1.807) is 7.05 Å². The molecule has 31 heavy (non-hydrogen) atoms. The van der Waals surface area contributed by atoms with Crippen LogP contribution in [0.2, 0.25) is 5.02 Å². The Morgan fingerprint density at radius 2 is 1.48 bits per heavy atom. The molecule has 0 N–H and O–H groups in total. The van der Waals surface area contributed by atoms with Gasteiger partial charge in [-0.25, -0.2) is 4.79 Å². The van der Waals surface area contributed by atoms with Crippen molar-refractivity contribution in [1.82, 2.24) is 14.0 Å². The first-order valence-electron chi connectivity index (χ1n) is 10.7. The lowest BCUT2D eigenvalue weighted by Crippen LogP contribution is -2.52.